The lowest BCUT2D eigenvalue weighted by Crippen LogP contribution is -2.38. The minimum Gasteiger partial charge on any atom is -0.508 e. The molecule has 0 saturated heterocycles. The van der Waals surface area contributed by atoms with Gasteiger partial charge < -0.3 is 14.9 Å². The second-order valence-electron chi connectivity index (χ2n) is 6.20. The largest absolute Gasteiger partial charge is 0.508 e. The monoisotopic (exact) mass is 403 g/mol. The van der Waals surface area contributed by atoms with Crippen LogP contribution in [0.1, 0.15) is 12.0 Å². The van der Waals surface area contributed by atoms with Crippen LogP contribution in [0, 0.1) is 0 Å². The highest BCUT2D eigenvalue weighted by Gasteiger charge is 2.16. The highest BCUT2D eigenvalue weighted by atomic mass is 79.9. The number of phenols is 1. The number of nitrogens with zero attached hydrogens (tertiary/aromatic N) is 1. The van der Waals surface area contributed by atoms with Crippen molar-refractivity contribution in [2.75, 3.05) is 26.2 Å². The quantitative estimate of drug-likeness (QED) is 0.772. The van der Waals surface area contributed by atoms with Crippen molar-refractivity contribution < 1.29 is 14.9 Å². The minimum atomic E-state index is -0.521. The molecule has 1 atom stereocenters. The van der Waals surface area contributed by atoms with Crippen LogP contribution in [0.15, 0.2) is 59.1 Å². The summed E-state index contributed by atoms with van der Waals surface area (Å²) in [5, 5.41) is 19.6. The lowest BCUT2D eigenvalue weighted by Gasteiger charge is -2.28. The molecule has 0 saturated carbocycles. The van der Waals surface area contributed by atoms with Crippen molar-refractivity contribution in [3.63, 3.8) is 0 Å². The average Bonchev–Trinajstić information content (AvgIpc) is 2.63. The van der Waals surface area contributed by atoms with Crippen molar-refractivity contribution in [1.82, 2.24) is 4.90 Å². The maximum atomic E-state index is 10.2. The van der Waals surface area contributed by atoms with Gasteiger partial charge in [-0.3, -0.25) is 4.90 Å². The van der Waals surface area contributed by atoms with Gasteiger partial charge in [-0.2, -0.15) is 0 Å². The highest BCUT2D eigenvalue weighted by molar-refractivity contribution is 9.10. The highest BCUT2D eigenvalue weighted by Crippen LogP contribution is 2.24. The Morgan fingerprint density at radius 1 is 1.08 bits per heavy atom. The van der Waals surface area contributed by atoms with Crippen molar-refractivity contribution in [2.24, 2.45) is 0 Å². The Kier molecular flexibility index (Phi) is 6.13. The zero-order valence-corrected chi connectivity index (χ0v) is 15.5. The summed E-state index contributed by atoms with van der Waals surface area (Å²) < 4.78 is 6.63. The van der Waals surface area contributed by atoms with Gasteiger partial charge in [0.15, 0.2) is 0 Å². The van der Waals surface area contributed by atoms with E-state index < -0.39 is 6.10 Å². The third-order valence-corrected chi connectivity index (χ3v) is 4.78. The number of β-amino-alcohol motifs (C(OH)–C–C–N with tert-alkyl or cyclic N) is 1. The number of rotatable bonds is 6. The summed E-state index contributed by atoms with van der Waals surface area (Å²) in [7, 11) is 0. The molecule has 1 aliphatic rings. The SMILES string of the molecule is Oc1ccc(C2=CCN(C[C@H](O)COc3ccc(Br)cc3)CC2)cc1. The zero-order valence-electron chi connectivity index (χ0n) is 13.9. The summed E-state index contributed by atoms with van der Waals surface area (Å²) in [5.41, 5.74) is 2.44. The first-order valence-corrected chi connectivity index (χ1v) is 9.16. The lowest BCUT2D eigenvalue weighted by molar-refractivity contribution is 0.0717. The predicted octanol–water partition coefficient (Wildman–Crippen LogP) is 3.68. The van der Waals surface area contributed by atoms with E-state index in [1.54, 1.807) is 12.1 Å². The number of aliphatic hydroxyl groups is 1. The van der Waals surface area contributed by atoms with E-state index in [2.05, 4.69) is 26.9 Å². The first-order valence-electron chi connectivity index (χ1n) is 8.37. The molecule has 2 N–H and O–H groups in total. The summed E-state index contributed by atoms with van der Waals surface area (Å²) in [6, 6.07) is 14.9. The van der Waals surface area contributed by atoms with Crippen LogP contribution in [-0.4, -0.2) is 47.5 Å². The molecule has 3 rings (SSSR count). The van der Waals surface area contributed by atoms with E-state index in [0.717, 1.165) is 35.3 Å². The van der Waals surface area contributed by atoms with E-state index >= 15 is 0 Å². The van der Waals surface area contributed by atoms with Crippen molar-refractivity contribution >= 4 is 21.5 Å². The van der Waals surface area contributed by atoms with Gasteiger partial charge in [-0.15, -0.1) is 0 Å². The molecular weight excluding hydrogens is 382 g/mol. The Bertz CT molecular complexity index is 713. The molecule has 0 unspecified atom stereocenters. The molecule has 5 heteroatoms. The Balaban J connectivity index is 1.46. The van der Waals surface area contributed by atoms with Crippen LogP contribution in [0.3, 0.4) is 0 Å². The van der Waals surface area contributed by atoms with Crippen LogP contribution in [0.5, 0.6) is 11.5 Å². The molecule has 1 heterocycles. The summed E-state index contributed by atoms with van der Waals surface area (Å²) in [4.78, 5) is 2.22. The van der Waals surface area contributed by atoms with Gasteiger partial charge in [-0.1, -0.05) is 34.1 Å². The second-order valence-corrected chi connectivity index (χ2v) is 7.12. The maximum absolute atomic E-state index is 10.2. The first kappa shape index (κ1) is 18.0. The second kappa shape index (κ2) is 8.52. The van der Waals surface area contributed by atoms with Gasteiger partial charge in [0.05, 0.1) is 0 Å². The molecule has 25 heavy (non-hydrogen) atoms. The molecule has 1 aliphatic heterocycles. The molecular formula is C20H22BrNO3. The van der Waals surface area contributed by atoms with Crippen molar-refractivity contribution in [2.45, 2.75) is 12.5 Å². The Morgan fingerprint density at radius 2 is 1.80 bits per heavy atom. The van der Waals surface area contributed by atoms with Crippen LogP contribution < -0.4 is 4.74 Å². The van der Waals surface area contributed by atoms with Crippen LogP contribution >= 0.6 is 15.9 Å². The molecule has 2 aromatic carbocycles. The van der Waals surface area contributed by atoms with Gasteiger partial charge in [0.2, 0.25) is 0 Å². The fourth-order valence-electron chi connectivity index (χ4n) is 2.89. The molecule has 0 spiro atoms. The molecule has 4 nitrogen and oxygen atoms in total. The molecule has 2 aromatic rings. The van der Waals surface area contributed by atoms with Gasteiger partial charge >= 0.3 is 0 Å². The Morgan fingerprint density at radius 3 is 2.44 bits per heavy atom. The molecule has 0 aliphatic carbocycles. The lowest BCUT2D eigenvalue weighted by atomic mass is 9.99. The number of aliphatic hydroxyl groups excluding tert-OH is 1. The summed E-state index contributed by atoms with van der Waals surface area (Å²) >= 11 is 3.39. The molecule has 0 bridgehead atoms. The topological polar surface area (TPSA) is 52.9 Å². The smallest absolute Gasteiger partial charge is 0.119 e. The van der Waals surface area contributed by atoms with E-state index in [0.29, 0.717) is 6.54 Å². The number of halogens is 1. The molecule has 0 amide bonds. The van der Waals surface area contributed by atoms with E-state index in [9.17, 15) is 10.2 Å². The molecule has 0 fully saturated rings. The molecule has 0 aromatic heterocycles. The van der Waals surface area contributed by atoms with Crippen LogP contribution in [-0.2, 0) is 0 Å². The average molecular weight is 404 g/mol. The Hall–Kier alpha value is -1.82. The number of aromatic hydroxyl groups is 1. The van der Waals surface area contributed by atoms with Gasteiger partial charge in [0.1, 0.15) is 24.2 Å². The fourth-order valence-corrected chi connectivity index (χ4v) is 3.15. The van der Waals surface area contributed by atoms with E-state index in [1.807, 2.05) is 36.4 Å². The van der Waals surface area contributed by atoms with E-state index in [1.165, 1.54) is 5.57 Å². The predicted molar refractivity (Wildman–Crippen MR) is 103 cm³/mol. The third-order valence-electron chi connectivity index (χ3n) is 4.26. The van der Waals surface area contributed by atoms with E-state index in [4.69, 9.17) is 4.74 Å². The van der Waals surface area contributed by atoms with E-state index in [-0.39, 0.29) is 12.4 Å². The number of benzene rings is 2. The van der Waals surface area contributed by atoms with Gasteiger partial charge in [-0.05, 0) is 54.0 Å². The molecule has 0 radical (unpaired) electrons. The minimum absolute atomic E-state index is 0.284. The number of hydrogen-bond acceptors (Lipinski definition) is 4. The van der Waals surface area contributed by atoms with Crippen molar-refractivity contribution in [3.05, 3.63) is 64.6 Å². The van der Waals surface area contributed by atoms with Crippen molar-refractivity contribution in [3.8, 4) is 11.5 Å². The van der Waals surface area contributed by atoms with Crippen LogP contribution in [0.25, 0.3) is 5.57 Å². The number of hydrogen-bond donors (Lipinski definition) is 2. The number of phenolic OH excluding ortho intramolecular Hbond substituents is 1. The fraction of sp³-hybridized carbons (Fsp3) is 0.300. The van der Waals surface area contributed by atoms with Crippen molar-refractivity contribution in [1.29, 1.82) is 0 Å². The standard InChI is InChI=1S/C20H22BrNO3/c21-17-3-7-20(8-4-17)25-14-19(24)13-22-11-9-16(10-12-22)15-1-5-18(23)6-2-15/h1-9,19,23-24H,10-14H2/t19-/m0/s1. The van der Waals surface area contributed by atoms with Gasteiger partial charge in [0.25, 0.3) is 0 Å². The Labute approximate surface area is 156 Å². The number of ether oxygens (including phenoxy) is 1. The van der Waals surface area contributed by atoms with Crippen LogP contribution in [0.2, 0.25) is 0 Å². The summed E-state index contributed by atoms with van der Waals surface area (Å²) in [5.74, 6) is 1.05. The normalized spacial score (nSPS) is 16.3. The summed E-state index contributed by atoms with van der Waals surface area (Å²) in [6.45, 7) is 2.59. The zero-order chi connectivity index (χ0) is 17.6. The van der Waals surface area contributed by atoms with Crippen LogP contribution in [0.4, 0.5) is 0 Å². The summed E-state index contributed by atoms with van der Waals surface area (Å²) in [6.07, 6.45) is 2.61. The van der Waals surface area contributed by atoms with Gasteiger partial charge in [-0.25, -0.2) is 0 Å². The molecule has 132 valence electrons. The first-order chi connectivity index (χ1) is 12.1. The van der Waals surface area contributed by atoms with Gasteiger partial charge in [0, 0.05) is 24.1 Å². The third kappa shape index (κ3) is 5.33. The maximum Gasteiger partial charge on any atom is 0.119 e.